The fraction of sp³-hybridized carbons (Fsp3) is 0.250. The molecule has 1 saturated carbocycles. The normalized spacial score (nSPS) is 15.0. The Balaban J connectivity index is 1.94. The van der Waals surface area contributed by atoms with Gasteiger partial charge in [0.1, 0.15) is 0 Å². The van der Waals surface area contributed by atoms with Gasteiger partial charge in [0.25, 0.3) is 0 Å². The molecule has 0 spiro atoms. The molecule has 2 aromatic rings. The quantitative estimate of drug-likeness (QED) is 0.647. The Bertz CT molecular complexity index is 797. The summed E-state index contributed by atoms with van der Waals surface area (Å²) < 4.78 is 1.12. The number of rotatable bonds is 6. The van der Waals surface area contributed by atoms with Crippen molar-refractivity contribution in [2.45, 2.75) is 24.9 Å². The summed E-state index contributed by atoms with van der Waals surface area (Å²) in [5, 5.41) is 2.87. The lowest BCUT2D eigenvalue weighted by molar-refractivity contribution is -0.110. The van der Waals surface area contributed by atoms with Crippen LogP contribution in [0.4, 0.5) is 0 Å². The summed E-state index contributed by atoms with van der Waals surface area (Å²) in [6.07, 6.45) is 2.80. The minimum atomic E-state index is -1.14. The van der Waals surface area contributed by atoms with Crippen LogP contribution in [0.15, 0.2) is 41.3 Å². The third kappa shape index (κ3) is 3.32. The van der Waals surface area contributed by atoms with Gasteiger partial charge in [-0.1, -0.05) is 11.6 Å². The molecule has 118 valence electrons. The smallest absolute Gasteiger partial charge is 0.331 e. The largest absolute Gasteiger partial charge is 0.349 e. The number of aromatic nitrogens is 2. The molecule has 1 heterocycles. The van der Waals surface area contributed by atoms with E-state index < -0.39 is 17.6 Å². The van der Waals surface area contributed by atoms with Gasteiger partial charge < -0.3 is 5.32 Å². The molecule has 3 rings (SSSR count). The minimum absolute atomic E-state index is 0.335. The van der Waals surface area contributed by atoms with Gasteiger partial charge in [0, 0.05) is 22.7 Å². The molecule has 6 nitrogen and oxygen atoms in total. The van der Waals surface area contributed by atoms with E-state index in [-0.39, 0.29) is 0 Å². The van der Waals surface area contributed by atoms with Gasteiger partial charge in [-0.25, -0.2) is 4.79 Å². The summed E-state index contributed by atoms with van der Waals surface area (Å²) in [6, 6.07) is 7.95. The van der Waals surface area contributed by atoms with E-state index in [2.05, 4.69) is 10.3 Å². The summed E-state index contributed by atoms with van der Waals surface area (Å²) in [5.74, 6) is -0.0846. The van der Waals surface area contributed by atoms with Crippen molar-refractivity contribution in [3.05, 3.63) is 63.3 Å². The van der Waals surface area contributed by atoms with Crippen molar-refractivity contribution in [2.75, 3.05) is 0 Å². The van der Waals surface area contributed by atoms with E-state index in [1.807, 2.05) is 0 Å². The molecule has 7 heteroatoms. The molecule has 1 aromatic carbocycles. The van der Waals surface area contributed by atoms with E-state index in [0.717, 1.165) is 23.1 Å². The minimum Gasteiger partial charge on any atom is -0.331 e. The van der Waals surface area contributed by atoms with Crippen LogP contribution in [-0.4, -0.2) is 21.7 Å². The van der Waals surface area contributed by atoms with Gasteiger partial charge in [-0.15, -0.1) is 0 Å². The molecule has 0 bridgehead atoms. The van der Waals surface area contributed by atoms with Crippen LogP contribution >= 0.6 is 11.6 Å². The Labute approximate surface area is 137 Å². The van der Waals surface area contributed by atoms with Gasteiger partial charge >= 0.3 is 5.69 Å². The van der Waals surface area contributed by atoms with Gasteiger partial charge in [0.05, 0.1) is 5.69 Å². The molecule has 1 atom stereocenters. The SMILES string of the molecule is O=CNC(C(=O)c1ccc(Cl)cc1)n1ccc(C2CC2)nc1=O. The average Bonchev–Trinajstić information content (AvgIpc) is 3.38. The number of carbonyl (C=O) groups excluding carboxylic acids is 2. The first-order chi connectivity index (χ1) is 11.1. The molecule has 1 fully saturated rings. The molecule has 1 aromatic heterocycles. The van der Waals surface area contributed by atoms with E-state index in [1.165, 1.54) is 6.20 Å². The van der Waals surface area contributed by atoms with Crippen LogP contribution in [0, 0.1) is 0 Å². The van der Waals surface area contributed by atoms with Crippen LogP contribution in [0.25, 0.3) is 0 Å². The molecular weight excluding hydrogens is 318 g/mol. The van der Waals surface area contributed by atoms with Crippen molar-refractivity contribution < 1.29 is 9.59 Å². The van der Waals surface area contributed by atoms with E-state index >= 15 is 0 Å². The molecular formula is C16H14ClN3O3. The molecule has 23 heavy (non-hydrogen) atoms. The topological polar surface area (TPSA) is 81.1 Å². The number of halogens is 1. The summed E-state index contributed by atoms with van der Waals surface area (Å²) in [6.45, 7) is 0. The number of hydrogen-bond acceptors (Lipinski definition) is 4. The molecule has 1 N–H and O–H groups in total. The van der Waals surface area contributed by atoms with Crippen molar-refractivity contribution in [1.29, 1.82) is 0 Å². The predicted octanol–water partition coefficient (Wildman–Crippen LogP) is 1.90. The van der Waals surface area contributed by atoms with Crippen molar-refractivity contribution in [3.63, 3.8) is 0 Å². The van der Waals surface area contributed by atoms with E-state index in [9.17, 15) is 14.4 Å². The van der Waals surface area contributed by atoms with Crippen LogP contribution < -0.4 is 11.0 Å². The summed E-state index contributed by atoms with van der Waals surface area (Å²) >= 11 is 5.80. The van der Waals surface area contributed by atoms with Crippen molar-refractivity contribution in [3.8, 4) is 0 Å². The van der Waals surface area contributed by atoms with E-state index in [4.69, 9.17) is 11.6 Å². The highest BCUT2D eigenvalue weighted by Crippen LogP contribution is 2.38. The highest BCUT2D eigenvalue weighted by molar-refractivity contribution is 6.30. The molecule has 0 aliphatic heterocycles. The maximum absolute atomic E-state index is 12.6. The number of carbonyl (C=O) groups is 2. The van der Waals surface area contributed by atoms with Gasteiger partial charge in [-0.2, -0.15) is 4.98 Å². The summed E-state index contributed by atoms with van der Waals surface area (Å²) in [5.41, 5.74) is 0.512. The first-order valence-corrected chi connectivity index (χ1v) is 7.56. The number of Topliss-reactive ketones (excluding diaryl/α,β-unsaturated/α-hetero) is 1. The number of benzene rings is 1. The number of hydrogen-bond donors (Lipinski definition) is 1. The van der Waals surface area contributed by atoms with Gasteiger partial charge in [-0.3, -0.25) is 14.2 Å². The van der Waals surface area contributed by atoms with Crippen LogP contribution in [0.5, 0.6) is 0 Å². The van der Waals surface area contributed by atoms with E-state index in [1.54, 1.807) is 30.3 Å². The van der Waals surface area contributed by atoms with Gasteiger partial charge in [0.2, 0.25) is 12.2 Å². The Hall–Kier alpha value is -2.47. The molecule has 0 saturated heterocycles. The molecule has 0 radical (unpaired) electrons. The van der Waals surface area contributed by atoms with Crippen LogP contribution in [0.2, 0.25) is 5.02 Å². The second-order valence-corrected chi connectivity index (χ2v) is 5.81. The van der Waals surface area contributed by atoms with Crippen LogP contribution in [-0.2, 0) is 4.79 Å². The second kappa shape index (κ2) is 6.34. The molecule has 1 aliphatic carbocycles. The Kier molecular flexibility index (Phi) is 4.25. The first-order valence-electron chi connectivity index (χ1n) is 7.18. The molecule has 1 amide bonds. The number of amides is 1. The van der Waals surface area contributed by atoms with Gasteiger partial charge in [0.15, 0.2) is 6.17 Å². The first kappa shape index (κ1) is 15.4. The second-order valence-electron chi connectivity index (χ2n) is 5.37. The monoisotopic (exact) mass is 331 g/mol. The predicted molar refractivity (Wildman–Crippen MR) is 84.5 cm³/mol. The Morgan fingerprint density at radius 2 is 2.00 bits per heavy atom. The summed E-state index contributed by atoms with van der Waals surface area (Å²) in [4.78, 5) is 39.6. The number of nitrogens with zero attached hydrogens (tertiary/aromatic N) is 2. The zero-order valence-electron chi connectivity index (χ0n) is 12.1. The lowest BCUT2D eigenvalue weighted by Crippen LogP contribution is -2.39. The van der Waals surface area contributed by atoms with E-state index in [0.29, 0.717) is 22.9 Å². The van der Waals surface area contributed by atoms with Gasteiger partial charge in [-0.05, 0) is 43.2 Å². The Morgan fingerprint density at radius 3 is 2.57 bits per heavy atom. The standard InChI is InChI=1S/C16H14ClN3O3/c17-12-5-3-11(4-6-12)14(22)15(18-9-21)20-8-7-13(10-1-2-10)19-16(20)23/h3-10,15H,1-2H2,(H,18,21). The highest BCUT2D eigenvalue weighted by atomic mass is 35.5. The third-order valence-corrected chi connectivity index (χ3v) is 3.98. The van der Waals surface area contributed by atoms with Crippen molar-refractivity contribution in [2.24, 2.45) is 0 Å². The summed E-state index contributed by atoms with van der Waals surface area (Å²) in [7, 11) is 0. The fourth-order valence-electron chi connectivity index (χ4n) is 2.35. The number of ketones is 1. The Morgan fingerprint density at radius 1 is 1.30 bits per heavy atom. The van der Waals surface area contributed by atoms with Crippen molar-refractivity contribution >= 4 is 23.8 Å². The lowest BCUT2D eigenvalue weighted by Gasteiger charge is -2.17. The third-order valence-electron chi connectivity index (χ3n) is 3.73. The van der Waals surface area contributed by atoms with Crippen molar-refractivity contribution in [1.82, 2.24) is 14.9 Å². The zero-order valence-corrected chi connectivity index (χ0v) is 12.9. The molecule has 1 unspecified atom stereocenters. The fourth-order valence-corrected chi connectivity index (χ4v) is 2.47. The highest BCUT2D eigenvalue weighted by Gasteiger charge is 2.27. The maximum Gasteiger partial charge on any atom is 0.349 e. The molecule has 1 aliphatic rings. The zero-order chi connectivity index (χ0) is 16.4. The van der Waals surface area contributed by atoms with Crippen LogP contribution in [0.3, 0.4) is 0 Å². The maximum atomic E-state index is 12.6. The van der Waals surface area contributed by atoms with Crippen LogP contribution in [0.1, 0.15) is 41.0 Å². The lowest BCUT2D eigenvalue weighted by atomic mass is 10.1. The average molecular weight is 332 g/mol. The number of nitrogens with one attached hydrogen (secondary N) is 1.